The van der Waals surface area contributed by atoms with E-state index < -0.39 is 23.5 Å². The molecule has 30 heavy (non-hydrogen) atoms. The fraction of sp³-hybridized carbons (Fsp3) is 0.348. The lowest BCUT2D eigenvalue weighted by molar-refractivity contribution is 0.0204. The molecule has 7 nitrogen and oxygen atoms in total. The quantitative estimate of drug-likeness (QED) is 0.368. The summed E-state index contributed by atoms with van der Waals surface area (Å²) in [4.78, 5) is 37.0. The number of ether oxygens (including phenoxy) is 4. The third-order valence-electron chi connectivity index (χ3n) is 3.41. The molecule has 2 aromatic rings. The summed E-state index contributed by atoms with van der Waals surface area (Å²) in [6.45, 7) is 10.2. The predicted octanol–water partition coefficient (Wildman–Crippen LogP) is 5.55. The largest absolute Gasteiger partial charge is 0.514 e. The van der Waals surface area contributed by atoms with E-state index in [-0.39, 0.29) is 22.8 Å². The van der Waals surface area contributed by atoms with Crippen LogP contribution in [0.3, 0.4) is 0 Å². The first-order valence-electron chi connectivity index (χ1n) is 9.39. The van der Waals surface area contributed by atoms with Crippen molar-refractivity contribution in [1.82, 2.24) is 0 Å². The summed E-state index contributed by atoms with van der Waals surface area (Å²) in [7, 11) is 0. The van der Waals surface area contributed by atoms with Gasteiger partial charge in [-0.05, 0) is 53.7 Å². The lowest BCUT2D eigenvalue weighted by Gasteiger charge is -2.20. The van der Waals surface area contributed by atoms with Gasteiger partial charge in [0, 0.05) is 11.6 Å². The van der Waals surface area contributed by atoms with E-state index in [2.05, 4.69) is 0 Å². The zero-order valence-electron chi connectivity index (χ0n) is 18.0. The highest BCUT2D eigenvalue weighted by Crippen LogP contribution is 2.29. The third-order valence-corrected chi connectivity index (χ3v) is 3.41. The van der Waals surface area contributed by atoms with Crippen molar-refractivity contribution in [1.29, 1.82) is 0 Å². The molecular weight excluding hydrogens is 388 g/mol. The Bertz CT molecular complexity index is 919. The number of hydrogen-bond donors (Lipinski definition) is 0. The summed E-state index contributed by atoms with van der Waals surface area (Å²) in [5.74, 6) is -0.412. The Morgan fingerprint density at radius 3 is 1.77 bits per heavy atom. The van der Waals surface area contributed by atoms with Crippen molar-refractivity contribution >= 4 is 18.1 Å². The van der Waals surface area contributed by atoms with Gasteiger partial charge in [-0.3, -0.25) is 4.79 Å². The lowest BCUT2D eigenvalue weighted by Crippen LogP contribution is -2.27. The number of rotatable bonds is 4. The molecule has 0 fully saturated rings. The lowest BCUT2D eigenvalue weighted by atomic mass is 10.0. The summed E-state index contributed by atoms with van der Waals surface area (Å²) >= 11 is 0. The fourth-order valence-electron chi connectivity index (χ4n) is 2.31. The van der Waals surface area contributed by atoms with Crippen molar-refractivity contribution in [3.05, 3.63) is 59.7 Å². The molecule has 0 atom stereocenters. The van der Waals surface area contributed by atoms with Gasteiger partial charge < -0.3 is 18.9 Å². The van der Waals surface area contributed by atoms with Crippen LogP contribution in [0, 0.1) is 0 Å². The van der Waals surface area contributed by atoms with Crippen LogP contribution in [-0.4, -0.2) is 29.3 Å². The maximum absolute atomic E-state index is 12.9. The van der Waals surface area contributed by atoms with Gasteiger partial charge in [0.1, 0.15) is 22.7 Å². The van der Waals surface area contributed by atoms with E-state index in [0.717, 1.165) is 0 Å². The molecule has 0 radical (unpaired) electrons. The Morgan fingerprint density at radius 1 is 0.700 bits per heavy atom. The normalized spacial score (nSPS) is 11.4. The van der Waals surface area contributed by atoms with E-state index >= 15 is 0 Å². The van der Waals surface area contributed by atoms with Crippen molar-refractivity contribution in [2.75, 3.05) is 0 Å². The highest BCUT2D eigenvalue weighted by molar-refractivity contribution is 6.11. The zero-order valence-corrected chi connectivity index (χ0v) is 18.0. The molecule has 7 heteroatoms. The number of hydrogen-bond acceptors (Lipinski definition) is 7. The molecule has 0 aliphatic heterocycles. The van der Waals surface area contributed by atoms with Crippen molar-refractivity contribution in [2.45, 2.75) is 52.7 Å². The van der Waals surface area contributed by atoms with Crippen LogP contribution in [0.1, 0.15) is 57.5 Å². The molecule has 2 aromatic carbocycles. The number of ketones is 1. The minimum atomic E-state index is -0.987. The Labute approximate surface area is 175 Å². The fourth-order valence-corrected chi connectivity index (χ4v) is 2.31. The summed E-state index contributed by atoms with van der Waals surface area (Å²) in [6, 6.07) is 12.6. The molecule has 0 aliphatic carbocycles. The SMILES string of the molecule is CC(C)(C)OC(=O)Oc1ccc(C(=O)c2ccccc2)c(OC(=O)OC(C)(C)C)c1. The molecule has 0 aromatic heterocycles. The Kier molecular flexibility index (Phi) is 6.87. The second-order valence-electron chi connectivity index (χ2n) is 8.49. The second kappa shape index (κ2) is 8.98. The van der Waals surface area contributed by atoms with Gasteiger partial charge >= 0.3 is 12.3 Å². The molecule has 0 unspecified atom stereocenters. The van der Waals surface area contributed by atoms with Crippen LogP contribution < -0.4 is 9.47 Å². The molecule has 0 amide bonds. The van der Waals surface area contributed by atoms with Gasteiger partial charge in [-0.15, -0.1) is 0 Å². The predicted molar refractivity (Wildman–Crippen MR) is 110 cm³/mol. The van der Waals surface area contributed by atoms with Crippen molar-refractivity contribution in [3.8, 4) is 11.5 Å². The minimum absolute atomic E-state index is 0.0485. The standard InChI is InChI=1S/C23H26O7/c1-22(2,3)29-20(25)27-16-12-13-17(19(24)15-10-8-7-9-11-15)18(14-16)28-21(26)30-23(4,5)6/h7-14H,1-6H3. The summed E-state index contributed by atoms with van der Waals surface area (Å²) in [5, 5.41) is 0. The average molecular weight is 414 g/mol. The second-order valence-corrected chi connectivity index (χ2v) is 8.49. The van der Waals surface area contributed by atoms with Crippen LogP contribution in [0.2, 0.25) is 0 Å². The molecule has 0 saturated carbocycles. The van der Waals surface area contributed by atoms with Gasteiger partial charge in [-0.1, -0.05) is 30.3 Å². The minimum Gasteiger partial charge on any atom is -0.428 e. The van der Waals surface area contributed by atoms with E-state index in [1.807, 2.05) is 0 Å². The molecule has 160 valence electrons. The van der Waals surface area contributed by atoms with E-state index in [1.165, 1.54) is 18.2 Å². The van der Waals surface area contributed by atoms with Crippen molar-refractivity contribution < 1.29 is 33.3 Å². The van der Waals surface area contributed by atoms with Gasteiger partial charge in [0.25, 0.3) is 0 Å². The maximum atomic E-state index is 12.9. The van der Waals surface area contributed by atoms with E-state index in [9.17, 15) is 14.4 Å². The van der Waals surface area contributed by atoms with E-state index in [0.29, 0.717) is 5.56 Å². The van der Waals surface area contributed by atoms with Gasteiger partial charge in [-0.2, -0.15) is 0 Å². The van der Waals surface area contributed by atoms with Crippen LogP contribution in [0.15, 0.2) is 48.5 Å². The average Bonchev–Trinajstić information content (AvgIpc) is 2.59. The molecule has 0 spiro atoms. The van der Waals surface area contributed by atoms with Gasteiger partial charge in [-0.25, -0.2) is 9.59 Å². The monoisotopic (exact) mass is 414 g/mol. The Balaban J connectivity index is 2.35. The first-order valence-corrected chi connectivity index (χ1v) is 9.39. The summed E-state index contributed by atoms with van der Waals surface area (Å²) in [6.07, 6.45) is -1.91. The van der Waals surface area contributed by atoms with Crippen LogP contribution >= 0.6 is 0 Å². The van der Waals surface area contributed by atoms with Gasteiger partial charge in [0.15, 0.2) is 5.78 Å². The molecule has 0 N–H and O–H groups in total. The Morgan fingerprint density at radius 2 is 1.23 bits per heavy atom. The summed E-state index contributed by atoms with van der Waals surface area (Å²) in [5.41, 5.74) is -1.00. The van der Waals surface area contributed by atoms with Crippen LogP contribution in [0.5, 0.6) is 11.5 Å². The van der Waals surface area contributed by atoms with Crippen molar-refractivity contribution in [3.63, 3.8) is 0 Å². The molecule has 0 bridgehead atoms. The number of carbonyl (C=O) groups is 3. The van der Waals surface area contributed by atoms with Crippen molar-refractivity contribution in [2.24, 2.45) is 0 Å². The smallest absolute Gasteiger partial charge is 0.428 e. The van der Waals surface area contributed by atoms with Crippen LogP contribution in [-0.2, 0) is 9.47 Å². The Hall–Kier alpha value is -3.35. The number of carbonyl (C=O) groups excluding carboxylic acids is 3. The maximum Gasteiger partial charge on any atom is 0.514 e. The van der Waals surface area contributed by atoms with Gasteiger partial charge in [0.2, 0.25) is 0 Å². The molecule has 0 heterocycles. The van der Waals surface area contributed by atoms with Crippen LogP contribution in [0.25, 0.3) is 0 Å². The molecule has 0 saturated heterocycles. The topological polar surface area (TPSA) is 88.1 Å². The highest BCUT2D eigenvalue weighted by atomic mass is 16.7. The van der Waals surface area contributed by atoms with E-state index in [1.54, 1.807) is 71.9 Å². The van der Waals surface area contributed by atoms with Gasteiger partial charge in [0.05, 0.1) is 5.56 Å². The highest BCUT2D eigenvalue weighted by Gasteiger charge is 2.24. The third kappa shape index (κ3) is 7.24. The molecule has 0 aliphatic rings. The first kappa shape index (κ1) is 22.9. The molecule has 2 rings (SSSR count). The van der Waals surface area contributed by atoms with Crippen LogP contribution in [0.4, 0.5) is 9.59 Å². The molecular formula is C23H26O7. The number of benzene rings is 2. The summed E-state index contributed by atoms with van der Waals surface area (Å²) < 4.78 is 20.7. The first-order chi connectivity index (χ1) is 13.8. The van der Waals surface area contributed by atoms with E-state index in [4.69, 9.17) is 18.9 Å². The zero-order chi connectivity index (χ0) is 22.5.